The fourth-order valence-electron chi connectivity index (χ4n) is 7.33. The van der Waals surface area contributed by atoms with E-state index >= 15 is 0 Å². The molecule has 0 spiro atoms. The highest BCUT2D eigenvalue weighted by atomic mass is 33.1. The molecule has 9 atom stereocenters. The number of likely N-dealkylation sites (tertiary alicyclic amines) is 1. The summed E-state index contributed by atoms with van der Waals surface area (Å²) in [6.07, 6.45) is -1.18. The Morgan fingerprint density at radius 3 is 2.15 bits per heavy atom. The molecule has 25 heteroatoms. The second-order valence-electron chi connectivity index (χ2n) is 16.6. The van der Waals surface area contributed by atoms with E-state index in [1.54, 1.807) is 38.1 Å². The van der Waals surface area contributed by atoms with Gasteiger partial charge in [-0.2, -0.15) is 0 Å². The number of nitrogens with two attached hydrogens (primary N) is 3. The zero-order valence-electron chi connectivity index (χ0n) is 39.1. The largest absolute Gasteiger partial charge is 0.494 e. The molecule has 2 saturated heterocycles. The van der Waals surface area contributed by atoms with Gasteiger partial charge in [-0.05, 0) is 69.7 Å². The minimum absolute atomic E-state index is 0.0226. The van der Waals surface area contributed by atoms with Gasteiger partial charge >= 0.3 is 6.03 Å². The Balaban J connectivity index is 2.00. The summed E-state index contributed by atoms with van der Waals surface area (Å²) in [7, 11) is 3.41. The van der Waals surface area contributed by atoms with E-state index in [-0.39, 0.29) is 50.3 Å². The normalized spacial score (nSPS) is 23.8. The summed E-state index contributed by atoms with van der Waals surface area (Å²) in [6, 6.07) is -3.80. The van der Waals surface area contributed by atoms with Gasteiger partial charge < -0.3 is 63.8 Å². The van der Waals surface area contributed by atoms with Crippen LogP contribution in [0.1, 0.15) is 78.2 Å². The number of carbonyl (C=O) groups excluding carboxylic acids is 10. The van der Waals surface area contributed by atoms with E-state index in [1.807, 2.05) is 6.92 Å². The van der Waals surface area contributed by atoms with E-state index in [9.17, 15) is 53.1 Å². The maximum absolute atomic E-state index is 14.4. The second-order valence-corrected chi connectivity index (χ2v) is 19.2. The number of urea groups is 1. The molecule has 2 aliphatic rings. The van der Waals surface area contributed by atoms with Crippen LogP contribution in [-0.4, -0.2) is 161 Å². The molecule has 0 saturated carbocycles. The van der Waals surface area contributed by atoms with Crippen LogP contribution in [0.5, 0.6) is 5.75 Å². The number of aliphatic hydroxyl groups is 1. The van der Waals surface area contributed by atoms with Crippen molar-refractivity contribution >= 4 is 80.8 Å². The van der Waals surface area contributed by atoms with Crippen LogP contribution in [-0.2, 0) is 49.6 Å². The first kappa shape index (κ1) is 56.7. The summed E-state index contributed by atoms with van der Waals surface area (Å²) < 4.78 is 5.53. The molecule has 2 fully saturated rings. The number of rotatable bonds is 16. The van der Waals surface area contributed by atoms with Crippen molar-refractivity contribution in [3.05, 3.63) is 29.8 Å². The van der Waals surface area contributed by atoms with E-state index < -0.39 is 120 Å². The number of nitrogens with zero attached hydrogens (tertiary/aromatic N) is 2. The maximum Gasteiger partial charge on any atom is 0.321 e. The van der Waals surface area contributed by atoms with Gasteiger partial charge in [0, 0.05) is 37.9 Å². The number of likely N-dealkylation sites (N-methyl/N-ethyl adjacent to an activating group) is 1. The second kappa shape index (κ2) is 28.0. The van der Waals surface area contributed by atoms with E-state index in [2.05, 4.69) is 31.9 Å². The molecule has 0 bridgehead atoms. The van der Waals surface area contributed by atoms with Gasteiger partial charge in [0.1, 0.15) is 48.0 Å². The number of hydrogen-bond acceptors (Lipinski definition) is 15. The summed E-state index contributed by atoms with van der Waals surface area (Å²) in [5, 5.41) is 26.3. The highest BCUT2D eigenvalue weighted by Crippen LogP contribution is 2.26. The van der Waals surface area contributed by atoms with E-state index in [4.69, 9.17) is 21.9 Å². The van der Waals surface area contributed by atoms with Gasteiger partial charge in [-0.25, -0.2) is 4.79 Å². The summed E-state index contributed by atoms with van der Waals surface area (Å²) in [5.74, 6) is -7.44. The van der Waals surface area contributed by atoms with Gasteiger partial charge in [0.2, 0.25) is 47.3 Å². The summed E-state index contributed by atoms with van der Waals surface area (Å²) >= 11 is 0. The molecule has 1 aromatic rings. The first-order valence-electron chi connectivity index (χ1n) is 22.5. The molecule has 0 aromatic heterocycles. The van der Waals surface area contributed by atoms with Gasteiger partial charge in [-0.3, -0.25) is 48.1 Å². The van der Waals surface area contributed by atoms with Crippen LogP contribution in [0.25, 0.3) is 0 Å². The monoisotopic (exact) mass is 993 g/mol. The van der Waals surface area contributed by atoms with E-state index in [0.29, 0.717) is 42.1 Å². The number of aliphatic hydroxyl groups excluding tert-OH is 1. The van der Waals surface area contributed by atoms with Gasteiger partial charge in [-0.1, -0.05) is 54.0 Å². The van der Waals surface area contributed by atoms with Crippen LogP contribution in [0.15, 0.2) is 24.3 Å². The van der Waals surface area contributed by atoms with Crippen LogP contribution in [0.4, 0.5) is 4.79 Å². The van der Waals surface area contributed by atoms with Crippen molar-refractivity contribution in [3.63, 3.8) is 0 Å². The summed E-state index contributed by atoms with van der Waals surface area (Å²) in [4.78, 5) is 137. The Bertz CT molecular complexity index is 1960. The van der Waals surface area contributed by atoms with Gasteiger partial charge in [-0.15, -0.1) is 0 Å². The number of benzene rings is 1. The summed E-state index contributed by atoms with van der Waals surface area (Å²) in [5.41, 5.74) is 17.1. The van der Waals surface area contributed by atoms with Gasteiger partial charge in [0.05, 0.1) is 19.1 Å². The molecular formula is C43H67N11O12S2. The molecule has 13 N–H and O–H groups in total. The average Bonchev–Trinajstić information content (AvgIpc) is 3.79. The smallest absolute Gasteiger partial charge is 0.321 e. The molecule has 68 heavy (non-hydrogen) atoms. The van der Waals surface area contributed by atoms with Crippen LogP contribution in [0.2, 0.25) is 0 Å². The lowest BCUT2D eigenvalue weighted by Gasteiger charge is -2.31. The molecule has 378 valence electrons. The molecule has 11 amide bonds. The number of hydrogen-bond donors (Lipinski definition) is 10. The SMILES string of the molecule is CCOc1ccc(C[C@H]2NC(=O)CCSSC[C@H](C(=O)N3CCC[C@H]3C(=O)N[C@@H](CCCN)C(=O)N(C)C(N)=O)NC(=O)[C@H](CC(N)=O)NC(=O)C(C(C)O)NC(=O)[C@H]([C@@H](C)CC)NC2=O)cc1. The lowest BCUT2D eigenvalue weighted by atomic mass is 9.96. The third-order valence-electron chi connectivity index (χ3n) is 11.4. The predicted molar refractivity (Wildman–Crippen MR) is 253 cm³/mol. The van der Waals surface area contributed by atoms with Crippen molar-refractivity contribution in [3.8, 4) is 5.75 Å². The average molecular weight is 994 g/mol. The quantitative estimate of drug-likeness (QED) is 0.0793. The first-order chi connectivity index (χ1) is 32.2. The Hall–Kier alpha value is -5.66. The van der Waals surface area contributed by atoms with Crippen molar-refractivity contribution in [1.29, 1.82) is 0 Å². The Morgan fingerprint density at radius 1 is 0.897 bits per heavy atom. The van der Waals surface area contributed by atoms with Crippen LogP contribution in [0.3, 0.4) is 0 Å². The van der Waals surface area contributed by atoms with E-state index in [1.165, 1.54) is 11.8 Å². The lowest BCUT2D eigenvalue weighted by Crippen LogP contribution is -2.63. The van der Waals surface area contributed by atoms with Crippen LogP contribution < -0.4 is 53.8 Å². The molecule has 23 nitrogen and oxygen atoms in total. The zero-order chi connectivity index (χ0) is 50.7. The van der Waals surface area contributed by atoms with Crippen molar-refractivity contribution in [2.24, 2.45) is 23.1 Å². The predicted octanol–water partition coefficient (Wildman–Crippen LogP) is -2.11. The van der Waals surface area contributed by atoms with Crippen LogP contribution in [0, 0.1) is 5.92 Å². The summed E-state index contributed by atoms with van der Waals surface area (Å²) in [6.45, 7) is 7.15. The number of carbonyl (C=O) groups is 10. The number of primary amides is 2. The Labute approximate surface area is 403 Å². The first-order valence-corrected chi connectivity index (χ1v) is 25.0. The fourth-order valence-corrected chi connectivity index (χ4v) is 9.47. The number of amides is 11. The standard InChI is InChI=1S/C43H67N11O12S2/c1-6-23(3)34-39(61)52-35(24(4)55)40(62)49-29(21-32(45)56)36(58)50-30(42(64)54-18-9-11-31(54)38(60)48-27(10-8-17-44)41(63)53(5)43(46)65)22-68-67-19-16-33(57)47-28(37(59)51-34)20-25-12-14-26(15-13-25)66-7-2/h12-15,23-24,27-31,34-35,55H,6-11,16-22,44H2,1-5H3,(H2,45,56)(H2,46,65)(H,47,57)(H,48,60)(H,49,62)(H,50,58)(H,51,59)(H,52,61)/t23-,24?,27-,28+,29-,30+,31-,34-,35?/m0/s1. The zero-order valence-corrected chi connectivity index (χ0v) is 40.7. The van der Waals surface area contributed by atoms with E-state index in [0.717, 1.165) is 28.6 Å². The van der Waals surface area contributed by atoms with Crippen molar-refractivity contribution < 1.29 is 57.8 Å². The molecular weight excluding hydrogens is 927 g/mol. The minimum atomic E-state index is -1.74. The Kier molecular flexibility index (Phi) is 23.3. The Morgan fingerprint density at radius 2 is 1.54 bits per heavy atom. The molecule has 2 heterocycles. The minimum Gasteiger partial charge on any atom is -0.494 e. The maximum atomic E-state index is 14.4. The van der Waals surface area contributed by atoms with Gasteiger partial charge in [0.15, 0.2) is 0 Å². The van der Waals surface area contributed by atoms with Crippen LogP contribution >= 0.6 is 21.6 Å². The highest BCUT2D eigenvalue weighted by molar-refractivity contribution is 8.76. The molecule has 1 aromatic carbocycles. The van der Waals surface area contributed by atoms with Gasteiger partial charge in [0.25, 0.3) is 5.91 Å². The third-order valence-corrected chi connectivity index (χ3v) is 13.8. The molecule has 2 unspecified atom stereocenters. The topological polar surface area (TPSA) is 357 Å². The highest BCUT2D eigenvalue weighted by Gasteiger charge is 2.41. The third kappa shape index (κ3) is 17.1. The van der Waals surface area contributed by atoms with Crippen molar-refractivity contribution in [1.82, 2.24) is 41.7 Å². The molecule has 2 aliphatic heterocycles. The number of nitrogens with one attached hydrogen (secondary N) is 6. The van der Waals surface area contributed by atoms with Crippen molar-refractivity contribution in [2.45, 2.75) is 127 Å². The molecule has 0 aliphatic carbocycles. The molecule has 3 rings (SSSR count). The lowest BCUT2D eigenvalue weighted by molar-refractivity contribution is -0.142. The fraction of sp³-hybridized carbons (Fsp3) is 0.628. The molecule has 0 radical (unpaired) electrons. The number of imide groups is 1. The van der Waals surface area contributed by atoms with Crippen molar-refractivity contribution in [2.75, 3.05) is 38.2 Å². The number of ether oxygens (including phenoxy) is 1.